The van der Waals surface area contributed by atoms with Crippen LogP contribution in [0.1, 0.15) is 16.8 Å². The largest absolute Gasteiger partial charge is 0.497 e. The Labute approximate surface area is 101 Å². The summed E-state index contributed by atoms with van der Waals surface area (Å²) in [5, 5.41) is 8.08. The summed E-state index contributed by atoms with van der Waals surface area (Å²) in [6, 6.07) is 6.08. The van der Waals surface area contributed by atoms with Gasteiger partial charge < -0.3 is 4.74 Å². The molecule has 2 rings (SSSR count). The van der Waals surface area contributed by atoms with E-state index in [1.807, 2.05) is 19.1 Å². The number of rotatable bonds is 2. The quantitative estimate of drug-likeness (QED) is 0.792. The molecule has 0 radical (unpaired) electrons. The van der Waals surface area contributed by atoms with Crippen molar-refractivity contribution in [2.75, 3.05) is 7.11 Å². The van der Waals surface area contributed by atoms with Crippen molar-refractivity contribution in [3.05, 3.63) is 41.2 Å². The second-order valence-electron chi connectivity index (χ2n) is 4.17. The van der Waals surface area contributed by atoms with Crippen LogP contribution < -0.4 is 4.74 Å². The Morgan fingerprint density at radius 3 is 2.41 bits per heavy atom. The first-order chi connectivity index (χ1) is 8.13. The maximum Gasteiger partial charge on any atom is 0.119 e. The number of aryl methyl sites for hydroxylation is 3. The number of benzene rings is 1. The molecule has 0 amide bonds. The molecule has 0 aliphatic heterocycles. The minimum absolute atomic E-state index is 0.878. The van der Waals surface area contributed by atoms with Gasteiger partial charge in [-0.3, -0.25) is 0 Å². The van der Waals surface area contributed by atoms with E-state index in [1.54, 1.807) is 13.3 Å². The number of hydrogen-bond donors (Lipinski definition) is 0. The first kappa shape index (κ1) is 11.6. The van der Waals surface area contributed by atoms with Crippen LogP contribution in [-0.4, -0.2) is 17.3 Å². The van der Waals surface area contributed by atoms with Crippen LogP contribution in [0.3, 0.4) is 0 Å². The second kappa shape index (κ2) is 4.53. The van der Waals surface area contributed by atoms with Gasteiger partial charge >= 0.3 is 0 Å². The van der Waals surface area contributed by atoms with Crippen LogP contribution in [0.15, 0.2) is 24.4 Å². The Morgan fingerprint density at radius 1 is 1.06 bits per heavy atom. The molecule has 0 spiro atoms. The first-order valence-corrected chi connectivity index (χ1v) is 5.57. The van der Waals surface area contributed by atoms with Crippen LogP contribution in [0.2, 0.25) is 0 Å². The highest BCUT2D eigenvalue weighted by Crippen LogP contribution is 2.30. The fourth-order valence-corrected chi connectivity index (χ4v) is 2.05. The maximum absolute atomic E-state index is 5.22. The fraction of sp³-hybridized carbons (Fsp3) is 0.286. The molecule has 0 saturated carbocycles. The van der Waals surface area contributed by atoms with Crippen molar-refractivity contribution in [2.24, 2.45) is 0 Å². The molecule has 0 fully saturated rings. The van der Waals surface area contributed by atoms with Crippen molar-refractivity contribution < 1.29 is 4.74 Å². The second-order valence-corrected chi connectivity index (χ2v) is 4.17. The molecule has 0 atom stereocenters. The van der Waals surface area contributed by atoms with Gasteiger partial charge in [-0.05, 0) is 49.6 Å². The van der Waals surface area contributed by atoms with E-state index in [1.165, 1.54) is 16.7 Å². The lowest BCUT2D eigenvalue weighted by Crippen LogP contribution is -1.96. The highest BCUT2D eigenvalue weighted by atomic mass is 16.5. The molecule has 88 valence electrons. The van der Waals surface area contributed by atoms with Crippen LogP contribution in [-0.2, 0) is 0 Å². The summed E-state index contributed by atoms with van der Waals surface area (Å²) in [6.07, 6.45) is 1.80. The minimum Gasteiger partial charge on any atom is -0.497 e. The van der Waals surface area contributed by atoms with Gasteiger partial charge in [0.1, 0.15) is 5.75 Å². The minimum atomic E-state index is 0.878. The van der Waals surface area contributed by atoms with Gasteiger partial charge in [0.15, 0.2) is 0 Å². The van der Waals surface area contributed by atoms with Crippen molar-refractivity contribution in [2.45, 2.75) is 20.8 Å². The lowest BCUT2D eigenvalue weighted by molar-refractivity contribution is 0.414. The smallest absolute Gasteiger partial charge is 0.119 e. The molecule has 0 saturated heterocycles. The van der Waals surface area contributed by atoms with Crippen LogP contribution in [0.5, 0.6) is 5.75 Å². The third-order valence-corrected chi connectivity index (χ3v) is 2.92. The van der Waals surface area contributed by atoms with Gasteiger partial charge in [0, 0.05) is 5.56 Å². The molecular formula is C14H16N2O. The predicted molar refractivity (Wildman–Crippen MR) is 68.2 cm³/mol. The van der Waals surface area contributed by atoms with Crippen molar-refractivity contribution in [3.8, 4) is 16.9 Å². The molecule has 0 N–H and O–H groups in total. The molecule has 0 aliphatic rings. The van der Waals surface area contributed by atoms with Crippen molar-refractivity contribution >= 4 is 0 Å². The molecule has 1 aromatic carbocycles. The van der Waals surface area contributed by atoms with Crippen molar-refractivity contribution in [1.82, 2.24) is 10.2 Å². The third kappa shape index (κ3) is 2.13. The Bertz CT molecular complexity index is 530. The lowest BCUT2D eigenvalue weighted by Gasteiger charge is -2.12. The summed E-state index contributed by atoms with van der Waals surface area (Å²) >= 11 is 0. The average Bonchev–Trinajstić information content (AvgIpc) is 2.30. The molecule has 1 heterocycles. The van der Waals surface area contributed by atoms with E-state index in [0.717, 1.165) is 17.0 Å². The fourth-order valence-electron chi connectivity index (χ4n) is 2.05. The van der Waals surface area contributed by atoms with Gasteiger partial charge in [-0.1, -0.05) is 6.07 Å². The zero-order chi connectivity index (χ0) is 12.4. The van der Waals surface area contributed by atoms with Gasteiger partial charge in [0.25, 0.3) is 0 Å². The van der Waals surface area contributed by atoms with E-state index >= 15 is 0 Å². The number of methoxy groups -OCH3 is 1. The van der Waals surface area contributed by atoms with Gasteiger partial charge in [0.05, 0.1) is 19.0 Å². The Balaban J connectivity index is 2.61. The monoisotopic (exact) mass is 228 g/mol. The van der Waals surface area contributed by atoms with E-state index < -0.39 is 0 Å². The van der Waals surface area contributed by atoms with E-state index in [0.29, 0.717) is 0 Å². The standard InChI is InChI=1S/C14H16N2O/c1-9-7-12(17-4)5-6-13(9)14-10(2)8-15-16-11(14)3/h5-8H,1-4H3. The van der Waals surface area contributed by atoms with Crippen LogP contribution in [0.4, 0.5) is 0 Å². The maximum atomic E-state index is 5.22. The van der Waals surface area contributed by atoms with E-state index in [-0.39, 0.29) is 0 Å². The molecule has 2 aromatic rings. The summed E-state index contributed by atoms with van der Waals surface area (Å²) in [6.45, 7) is 6.12. The van der Waals surface area contributed by atoms with E-state index in [2.05, 4.69) is 30.1 Å². The first-order valence-electron chi connectivity index (χ1n) is 5.57. The van der Waals surface area contributed by atoms with Crippen molar-refractivity contribution in [3.63, 3.8) is 0 Å². The topological polar surface area (TPSA) is 35.0 Å². The molecule has 0 aliphatic carbocycles. The number of nitrogens with zero attached hydrogens (tertiary/aromatic N) is 2. The SMILES string of the molecule is COc1ccc(-c2c(C)cnnc2C)c(C)c1. The molecule has 17 heavy (non-hydrogen) atoms. The van der Waals surface area contributed by atoms with Gasteiger partial charge in [-0.15, -0.1) is 0 Å². The summed E-state index contributed by atoms with van der Waals surface area (Å²) in [5.41, 5.74) is 5.64. The zero-order valence-electron chi connectivity index (χ0n) is 10.6. The summed E-state index contributed by atoms with van der Waals surface area (Å²) in [7, 11) is 1.68. The number of hydrogen-bond acceptors (Lipinski definition) is 3. The molecule has 0 bridgehead atoms. The zero-order valence-corrected chi connectivity index (χ0v) is 10.6. The summed E-state index contributed by atoms with van der Waals surface area (Å²) in [5.74, 6) is 0.878. The van der Waals surface area contributed by atoms with Crippen molar-refractivity contribution in [1.29, 1.82) is 0 Å². The molecular weight excluding hydrogens is 212 g/mol. The van der Waals surface area contributed by atoms with Gasteiger partial charge in [-0.2, -0.15) is 10.2 Å². The van der Waals surface area contributed by atoms with Crippen LogP contribution in [0.25, 0.3) is 11.1 Å². The highest BCUT2D eigenvalue weighted by Gasteiger charge is 2.10. The number of aromatic nitrogens is 2. The average molecular weight is 228 g/mol. The Kier molecular flexibility index (Phi) is 3.09. The normalized spacial score (nSPS) is 10.4. The van der Waals surface area contributed by atoms with Crippen LogP contribution >= 0.6 is 0 Å². The Hall–Kier alpha value is -1.90. The van der Waals surface area contributed by atoms with Gasteiger partial charge in [-0.25, -0.2) is 0 Å². The Morgan fingerprint density at radius 2 is 1.82 bits per heavy atom. The van der Waals surface area contributed by atoms with Crippen LogP contribution in [0, 0.1) is 20.8 Å². The van der Waals surface area contributed by atoms with E-state index in [4.69, 9.17) is 4.74 Å². The molecule has 3 nitrogen and oxygen atoms in total. The van der Waals surface area contributed by atoms with Gasteiger partial charge in [0.2, 0.25) is 0 Å². The number of ether oxygens (including phenoxy) is 1. The van der Waals surface area contributed by atoms with E-state index in [9.17, 15) is 0 Å². The molecule has 3 heteroatoms. The predicted octanol–water partition coefficient (Wildman–Crippen LogP) is 3.08. The summed E-state index contributed by atoms with van der Waals surface area (Å²) in [4.78, 5) is 0. The molecule has 0 unspecified atom stereocenters. The lowest BCUT2D eigenvalue weighted by atomic mass is 9.96. The third-order valence-electron chi connectivity index (χ3n) is 2.92. The highest BCUT2D eigenvalue weighted by molar-refractivity contribution is 5.72. The summed E-state index contributed by atoms with van der Waals surface area (Å²) < 4.78 is 5.22. The molecule has 1 aromatic heterocycles.